The molecule has 0 aromatic heterocycles. The van der Waals surface area contributed by atoms with Crippen LogP contribution in [0.5, 0.6) is 0 Å². The number of benzene rings is 2. The summed E-state index contributed by atoms with van der Waals surface area (Å²) in [6.45, 7) is 3.16. The van der Waals surface area contributed by atoms with Crippen LogP contribution in [0, 0.1) is 5.82 Å². The third-order valence-corrected chi connectivity index (χ3v) is 5.85. The number of alkyl halides is 3. The molecular weight excluding hydrogens is 448 g/mol. The average Bonchev–Trinajstić information content (AvgIpc) is 2.74. The van der Waals surface area contributed by atoms with E-state index in [1.165, 1.54) is 36.4 Å². The largest absolute Gasteiger partial charge is 0.396 e. The minimum absolute atomic E-state index is 0.0193. The summed E-state index contributed by atoms with van der Waals surface area (Å²) in [6.07, 6.45) is -5.45. The number of carbonyl (C=O) groups excluding carboxylic acids is 1. The van der Waals surface area contributed by atoms with Crippen LogP contribution in [-0.2, 0) is 9.53 Å². The maximum Gasteiger partial charge on any atom is 0.396 e. The van der Waals surface area contributed by atoms with Gasteiger partial charge in [-0.2, -0.15) is 13.2 Å². The summed E-state index contributed by atoms with van der Waals surface area (Å²) in [5.41, 5.74) is 0.227. The Hall–Kier alpha value is -2.16. The molecule has 2 aromatic rings. The molecule has 1 aliphatic rings. The number of carbonyl (C=O) groups is 1. The summed E-state index contributed by atoms with van der Waals surface area (Å²) in [7, 11) is 0. The second kappa shape index (κ2) is 10.6. The molecule has 1 saturated heterocycles. The third-order valence-electron chi connectivity index (χ3n) is 5.53. The zero-order valence-corrected chi connectivity index (χ0v) is 18.3. The van der Waals surface area contributed by atoms with Gasteiger partial charge < -0.3 is 10.1 Å². The van der Waals surface area contributed by atoms with Crippen molar-refractivity contribution in [2.24, 2.45) is 0 Å². The number of rotatable bonds is 7. The van der Waals surface area contributed by atoms with Gasteiger partial charge in [0.2, 0.25) is 5.91 Å². The molecule has 9 heteroatoms. The van der Waals surface area contributed by atoms with Crippen molar-refractivity contribution in [3.63, 3.8) is 0 Å². The van der Waals surface area contributed by atoms with E-state index in [4.69, 9.17) is 16.3 Å². The van der Waals surface area contributed by atoms with Gasteiger partial charge in [0.25, 0.3) is 0 Å². The highest BCUT2D eigenvalue weighted by Crippen LogP contribution is 2.37. The van der Waals surface area contributed by atoms with E-state index in [1.54, 1.807) is 12.1 Å². The lowest BCUT2D eigenvalue weighted by atomic mass is 9.94. The summed E-state index contributed by atoms with van der Waals surface area (Å²) in [5, 5.41) is 2.77. The topological polar surface area (TPSA) is 41.6 Å². The van der Waals surface area contributed by atoms with Crippen molar-refractivity contribution in [1.29, 1.82) is 0 Å². The normalized spacial score (nSPS) is 19.4. The fraction of sp³-hybridized carbons (Fsp3) is 0.435. The molecule has 1 N–H and O–H groups in total. The van der Waals surface area contributed by atoms with Crippen LogP contribution in [0.25, 0.3) is 0 Å². The van der Waals surface area contributed by atoms with Gasteiger partial charge in [-0.25, -0.2) is 4.39 Å². The lowest BCUT2D eigenvalue weighted by Gasteiger charge is -2.38. The Bertz CT molecular complexity index is 890. The van der Waals surface area contributed by atoms with E-state index >= 15 is 0 Å². The minimum atomic E-state index is -4.58. The standard InChI is InChI=1S/C23H25ClF4N2O2/c1-15-14-30(10-11-32-15)20(22-18(24)8-5-9-19(22)25)13-29-21(31)12-17(23(26,27)28)16-6-3-2-4-7-16/h2-9,15,17,20H,10-14H2,1H3,(H,29,31). The molecule has 1 amide bonds. The fourth-order valence-electron chi connectivity index (χ4n) is 3.95. The van der Waals surface area contributed by atoms with Gasteiger partial charge in [0.1, 0.15) is 5.82 Å². The number of hydrogen-bond acceptors (Lipinski definition) is 3. The number of nitrogens with zero attached hydrogens (tertiary/aromatic N) is 1. The maximum atomic E-state index is 14.7. The molecule has 0 radical (unpaired) electrons. The quantitative estimate of drug-likeness (QED) is 0.570. The number of hydrogen-bond donors (Lipinski definition) is 1. The van der Waals surface area contributed by atoms with E-state index in [0.29, 0.717) is 19.7 Å². The van der Waals surface area contributed by atoms with E-state index in [-0.39, 0.29) is 28.8 Å². The number of morpholine rings is 1. The number of ether oxygens (including phenoxy) is 1. The van der Waals surface area contributed by atoms with Crippen LogP contribution in [-0.4, -0.2) is 49.3 Å². The molecule has 174 valence electrons. The van der Waals surface area contributed by atoms with Crippen molar-refractivity contribution < 1.29 is 27.1 Å². The number of halogens is 5. The zero-order valence-electron chi connectivity index (χ0n) is 17.5. The van der Waals surface area contributed by atoms with E-state index < -0.39 is 36.3 Å². The lowest BCUT2D eigenvalue weighted by molar-refractivity contribution is -0.157. The summed E-state index contributed by atoms with van der Waals surface area (Å²) < 4.78 is 61.0. The van der Waals surface area contributed by atoms with Gasteiger partial charge in [-0.05, 0) is 24.6 Å². The van der Waals surface area contributed by atoms with Crippen LogP contribution in [0.2, 0.25) is 5.02 Å². The molecule has 3 atom stereocenters. The van der Waals surface area contributed by atoms with Crippen LogP contribution in [0.1, 0.15) is 36.4 Å². The predicted octanol–water partition coefficient (Wildman–Crippen LogP) is 5.09. The van der Waals surface area contributed by atoms with E-state index in [0.717, 1.165) is 0 Å². The third kappa shape index (κ3) is 6.21. The van der Waals surface area contributed by atoms with Gasteiger partial charge in [0.05, 0.1) is 24.7 Å². The monoisotopic (exact) mass is 472 g/mol. The summed E-state index contributed by atoms with van der Waals surface area (Å²) >= 11 is 6.26. The van der Waals surface area contributed by atoms with Crippen molar-refractivity contribution in [2.45, 2.75) is 37.6 Å². The molecular formula is C23H25ClF4N2O2. The van der Waals surface area contributed by atoms with E-state index in [9.17, 15) is 22.4 Å². The van der Waals surface area contributed by atoms with Crippen LogP contribution in [0.4, 0.5) is 17.6 Å². The van der Waals surface area contributed by atoms with Gasteiger partial charge in [0.15, 0.2) is 0 Å². The highest BCUT2D eigenvalue weighted by molar-refractivity contribution is 6.31. The first-order chi connectivity index (χ1) is 15.2. The Morgan fingerprint density at radius 3 is 2.56 bits per heavy atom. The average molecular weight is 473 g/mol. The van der Waals surface area contributed by atoms with Crippen molar-refractivity contribution in [2.75, 3.05) is 26.2 Å². The Labute approximate surface area is 189 Å². The van der Waals surface area contributed by atoms with Crippen molar-refractivity contribution >= 4 is 17.5 Å². The Balaban J connectivity index is 1.77. The molecule has 3 rings (SSSR count). The van der Waals surface area contributed by atoms with Crippen LogP contribution < -0.4 is 5.32 Å². The smallest absolute Gasteiger partial charge is 0.376 e. The molecule has 4 nitrogen and oxygen atoms in total. The minimum Gasteiger partial charge on any atom is -0.376 e. The van der Waals surface area contributed by atoms with Gasteiger partial charge >= 0.3 is 6.18 Å². The van der Waals surface area contributed by atoms with Crippen LogP contribution in [0.3, 0.4) is 0 Å². The van der Waals surface area contributed by atoms with E-state index in [2.05, 4.69) is 5.32 Å². The maximum absolute atomic E-state index is 14.7. The van der Waals surface area contributed by atoms with Gasteiger partial charge in [-0.3, -0.25) is 9.69 Å². The van der Waals surface area contributed by atoms with Crippen molar-refractivity contribution in [3.05, 3.63) is 70.5 Å². The molecule has 1 fully saturated rings. The summed E-state index contributed by atoms with van der Waals surface area (Å²) in [6, 6.07) is 11.0. The molecule has 0 bridgehead atoms. The SMILES string of the molecule is CC1CN(C(CNC(=O)CC(c2ccccc2)C(F)(F)F)c2c(F)cccc2Cl)CCO1. The van der Waals surface area contributed by atoms with Gasteiger partial charge in [-0.1, -0.05) is 48.0 Å². The van der Waals surface area contributed by atoms with E-state index in [1.807, 2.05) is 11.8 Å². The number of amides is 1. The molecule has 0 aliphatic carbocycles. The zero-order chi connectivity index (χ0) is 23.3. The molecule has 0 spiro atoms. The van der Waals surface area contributed by atoms with Crippen LogP contribution in [0.15, 0.2) is 48.5 Å². The first-order valence-electron chi connectivity index (χ1n) is 10.3. The molecule has 3 unspecified atom stereocenters. The fourth-order valence-corrected chi connectivity index (χ4v) is 4.24. The van der Waals surface area contributed by atoms with Gasteiger partial charge in [-0.15, -0.1) is 0 Å². The molecule has 32 heavy (non-hydrogen) atoms. The lowest BCUT2D eigenvalue weighted by Crippen LogP contribution is -2.47. The number of nitrogens with one attached hydrogen (secondary N) is 1. The summed E-state index contributed by atoms with van der Waals surface area (Å²) in [5.74, 6) is -3.23. The molecule has 1 heterocycles. The van der Waals surface area contributed by atoms with Crippen molar-refractivity contribution in [1.82, 2.24) is 10.2 Å². The van der Waals surface area contributed by atoms with Crippen molar-refractivity contribution in [3.8, 4) is 0 Å². The first kappa shape index (κ1) is 24.5. The predicted molar refractivity (Wildman–Crippen MR) is 114 cm³/mol. The molecule has 2 aromatic carbocycles. The second-order valence-electron chi connectivity index (χ2n) is 7.84. The Kier molecular flexibility index (Phi) is 8.14. The highest BCUT2D eigenvalue weighted by Gasteiger charge is 2.42. The highest BCUT2D eigenvalue weighted by atomic mass is 35.5. The first-order valence-corrected chi connectivity index (χ1v) is 10.7. The molecule has 0 saturated carbocycles. The second-order valence-corrected chi connectivity index (χ2v) is 8.25. The van der Waals surface area contributed by atoms with Gasteiger partial charge in [0, 0.05) is 36.6 Å². The Morgan fingerprint density at radius 2 is 1.94 bits per heavy atom. The summed E-state index contributed by atoms with van der Waals surface area (Å²) in [4.78, 5) is 14.5. The molecule has 1 aliphatic heterocycles. The van der Waals surface area contributed by atoms with Crippen LogP contribution >= 0.6 is 11.6 Å². The Morgan fingerprint density at radius 1 is 1.22 bits per heavy atom.